The zero-order valence-corrected chi connectivity index (χ0v) is 16.7. The van der Waals surface area contributed by atoms with Crippen LogP contribution in [0.25, 0.3) is 44.1 Å². The van der Waals surface area contributed by atoms with Crippen molar-refractivity contribution < 1.29 is 19.8 Å². The Kier molecular flexibility index (Phi) is 4.60. The number of pyridine rings is 2. The van der Waals surface area contributed by atoms with Crippen molar-refractivity contribution in [3.05, 3.63) is 96.3 Å². The Morgan fingerprint density at radius 2 is 1.41 bits per heavy atom. The lowest BCUT2D eigenvalue weighted by molar-refractivity contribution is 0.0647. The minimum atomic E-state index is -1.40. The fraction of sp³-hybridized carbons (Fsp3) is 0. The summed E-state index contributed by atoms with van der Waals surface area (Å²) in [6, 6.07) is 23.9. The van der Waals surface area contributed by atoms with Crippen LogP contribution in [-0.4, -0.2) is 32.1 Å². The second kappa shape index (κ2) is 7.59. The van der Waals surface area contributed by atoms with E-state index in [4.69, 9.17) is 0 Å². The highest BCUT2D eigenvalue weighted by atomic mass is 16.4. The van der Waals surface area contributed by atoms with Crippen molar-refractivity contribution in [2.45, 2.75) is 0 Å². The molecule has 0 atom stereocenters. The molecule has 0 aliphatic heterocycles. The lowest BCUT2D eigenvalue weighted by Gasteiger charge is -2.18. The van der Waals surface area contributed by atoms with Crippen LogP contribution in [0.4, 0.5) is 0 Å². The van der Waals surface area contributed by atoms with Crippen molar-refractivity contribution in [1.82, 2.24) is 9.97 Å². The van der Waals surface area contributed by atoms with Gasteiger partial charge in [-0.3, -0.25) is 4.98 Å². The maximum absolute atomic E-state index is 12.4. The summed E-state index contributed by atoms with van der Waals surface area (Å²) in [6.45, 7) is 0. The van der Waals surface area contributed by atoms with Crippen LogP contribution in [0.1, 0.15) is 20.8 Å². The van der Waals surface area contributed by atoms with E-state index in [1.807, 2.05) is 48.5 Å². The van der Waals surface area contributed by atoms with E-state index in [2.05, 4.69) is 9.97 Å². The summed E-state index contributed by atoms with van der Waals surface area (Å²) in [6.07, 6.45) is 1.66. The second-order valence-corrected chi connectivity index (χ2v) is 7.27. The molecule has 154 valence electrons. The number of nitrogens with zero attached hydrogens (tertiary/aromatic N) is 2. The zero-order valence-electron chi connectivity index (χ0n) is 16.7. The molecule has 0 spiro atoms. The number of hydrogen-bond acceptors (Lipinski definition) is 4. The van der Waals surface area contributed by atoms with Gasteiger partial charge in [-0.15, -0.1) is 0 Å². The first kappa shape index (κ1) is 19.4. The number of carboxylic acid groups (broad SMARTS) is 2. The highest BCUT2D eigenvalue weighted by molar-refractivity contribution is 6.21. The lowest BCUT2D eigenvalue weighted by Crippen LogP contribution is -2.13. The van der Waals surface area contributed by atoms with Crippen molar-refractivity contribution in [2.24, 2.45) is 0 Å². The van der Waals surface area contributed by atoms with E-state index in [0.717, 1.165) is 11.1 Å². The van der Waals surface area contributed by atoms with E-state index in [-0.39, 0.29) is 5.56 Å². The Morgan fingerprint density at radius 1 is 0.750 bits per heavy atom. The number of hydrogen-bond donors (Lipinski definition) is 2. The van der Waals surface area contributed by atoms with Gasteiger partial charge in [0.1, 0.15) is 5.56 Å². The standard InChI is InChI=1S/C26H16N2O4/c29-25(30)22-20(16-10-5-2-6-11-16)21-18(15-8-3-1-4-9-15)14-19-17(12-7-13-27-19)23(21)28-24(22)26(31)32/h1-14H,(H,29,30)(H,31,32). The Bertz CT molecular complexity index is 1510. The second-order valence-electron chi connectivity index (χ2n) is 7.27. The van der Waals surface area contributed by atoms with Crippen molar-refractivity contribution in [3.8, 4) is 22.3 Å². The maximum atomic E-state index is 12.4. The molecule has 5 rings (SSSR count). The van der Waals surface area contributed by atoms with E-state index in [0.29, 0.717) is 32.9 Å². The summed E-state index contributed by atoms with van der Waals surface area (Å²) in [4.78, 5) is 33.3. The van der Waals surface area contributed by atoms with E-state index >= 15 is 0 Å². The topological polar surface area (TPSA) is 100 Å². The monoisotopic (exact) mass is 420 g/mol. The van der Waals surface area contributed by atoms with Crippen LogP contribution in [0.5, 0.6) is 0 Å². The predicted molar refractivity (Wildman–Crippen MR) is 122 cm³/mol. The number of aromatic nitrogens is 2. The predicted octanol–water partition coefficient (Wildman–Crippen LogP) is 5.51. The van der Waals surface area contributed by atoms with Crippen LogP contribution < -0.4 is 0 Å². The molecule has 6 nitrogen and oxygen atoms in total. The van der Waals surface area contributed by atoms with Crippen molar-refractivity contribution >= 4 is 33.7 Å². The summed E-state index contributed by atoms with van der Waals surface area (Å²) >= 11 is 0. The van der Waals surface area contributed by atoms with Gasteiger partial charge in [0.05, 0.1) is 11.0 Å². The molecule has 0 saturated heterocycles. The average molecular weight is 420 g/mol. The third-order valence-electron chi connectivity index (χ3n) is 5.40. The van der Waals surface area contributed by atoms with Crippen molar-refractivity contribution in [1.29, 1.82) is 0 Å². The number of carboxylic acids is 2. The molecule has 0 aliphatic rings. The van der Waals surface area contributed by atoms with E-state index in [1.54, 1.807) is 36.5 Å². The first-order valence-corrected chi connectivity index (χ1v) is 9.89. The van der Waals surface area contributed by atoms with Gasteiger partial charge in [-0.2, -0.15) is 0 Å². The van der Waals surface area contributed by atoms with Crippen LogP contribution in [0.3, 0.4) is 0 Å². The summed E-state index contributed by atoms with van der Waals surface area (Å²) in [5.41, 5.74) is 2.71. The van der Waals surface area contributed by atoms with Gasteiger partial charge >= 0.3 is 11.9 Å². The van der Waals surface area contributed by atoms with Crippen LogP contribution >= 0.6 is 0 Å². The first-order chi connectivity index (χ1) is 15.6. The van der Waals surface area contributed by atoms with Gasteiger partial charge in [0.2, 0.25) is 0 Å². The number of fused-ring (bicyclic) bond motifs is 3. The summed E-state index contributed by atoms with van der Waals surface area (Å²) in [5, 5.41) is 21.2. The van der Waals surface area contributed by atoms with Crippen molar-refractivity contribution in [2.75, 3.05) is 0 Å². The Morgan fingerprint density at radius 3 is 2.03 bits per heavy atom. The number of benzene rings is 3. The molecule has 6 heteroatoms. The Balaban J connectivity index is 2.11. The summed E-state index contributed by atoms with van der Waals surface area (Å²) in [5.74, 6) is -2.75. The number of aromatic carboxylic acids is 2. The minimum absolute atomic E-state index is 0.324. The van der Waals surface area contributed by atoms with Crippen LogP contribution in [-0.2, 0) is 0 Å². The van der Waals surface area contributed by atoms with Gasteiger partial charge < -0.3 is 10.2 Å². The van der Waals surface area contributed by atoms with Gasteiger partial charge in [-0.05, 0) is 34.9 Å². The van der Waals surface area contributed by atoms with Gasteiger partial charge in [0.15, 0.2) is 5.69 Å². The molecule has 2 N–H and O–H groups in total. The maximum Gasteiger partial charge on any atom is 0.355 e. The van der Waals surface area contributed by atoms with Crippen LogP contribution in [0.2, 0.25) is 0 Å². The van der Waals surface area contributed by atoms with Crippen LogP contribution in [0.15, 0.2) is 85.1 Å². The normalized spacial score (nSPS) is 11.0. The SMILES string of the molecule is O=C(O)c1nc2c(c(-c3ccccc3)cc3ncccc32)c(-c2ccccc2)c1C(=O)O. The molecular formula is C26H16N2O4. The third kappa shape index (κ3) is 3.06. The van der Waals surface area contributed by atoms with Gasteiger partial charge in [0.25, 0.3) is 0 Å². The molecule has 0 aliphatic carbocycles. The largest absolute Gasteiger partial charge is 0.478 e. The highest BCUT2D eigenvalue weighted by Crippen LogP contribution is 2.42. The van der Waals surface area contributed by atoms with Crippen LogP contribution in [0, 0.1) is 0 Å². The molecule has 0 fully saturated rings. The number of rotatable bonds is 4. The smallest absolute Gasteiger partial charge is 0.355 e. The van der Waals surface area contributed by atoms with Gasteiger partial charge in [-0.25, -0.2) is 14.6 Å². The molecule has 0 bridgehead atoms. The fourth-order valence-corrected chi connectivity index (χ4v) is 4.09. The highest BCUT2D eigenvalue weighted by Gasteiger charge is 2.28. The Hall–Kier alpha value is -4.58. The van der Waals surface area contributed by atoms with E-state index in [1.165, 1.54) is 0 Å². The molecule has 2 heterocycles. The third-order valence-corrected chi connectivity index (χ3v) is 5.40. The zero-order chi connectivity index (χ0) is 22.2. The average Bonchev–Trinajstić information content (AvgIpc) is 2.83. The molecule has 0 saturated carbocycles. The molecule has 0 radical (unpaired) electrons. The fourth-order valence-electron chi connectivity index (χ4n) is 4.09. The molecule has 0 amide bonds. The number of carbonyl (C=O) groups is 2. The molecule has 0 unspecified atom stereocenters. The van der Waals surface area contributed by atoms with E-state index in [9.17, 15) is 19.8 Å². The quantitative estimate of drug-likeness (QED) is 0.372. The first-order valence-electron chi connectivity index (χ1n) is 9.89. The molecule has 32 heavy (non-hydrogen) atoms. The van der Waals surface area contributed by atoms with E-state index < -0.39 is 17.6 Å². The summed E-state index contributed by atoms with van der Waals surface area (Å²) < 4.78 is 0. The van der Waals surface area contributed by atoms with Gasteiger partial charge in [-0.1, -0.05) is 60.7 Å². The minimum Gasteiger partial charge on any atom is -0.478 e. The lowest BCUT2D eigenvalue weighted by atomic mass is 9.88. The molecule has 5 aromatic rings. The molecule has 3 aromatic carbocycles. The Labute approximate surface area is 182 Å². The molecule has 2 aromatic heterocycles. The van der Waals surface area contributed by atoms with Crippen molar-refractivity contribution in [3.63, 3.8) is 0 Å². The molecular weight excluding hydrogens is 404 g/mol. The van der Waals surface area contributed by atoms with Gasteiger partial charge in [0, 0.05) is 22.5 Å². The summed E-state index contributed by atoms with van der Waals surface area (Å²) in [7, 11) is 0.